The Balaban J connectivity index is 2.17. The van der Waals surface area contributed by atoms with Gasteiger partial charge in [-0.15, -0.1) is 0 Å². The Bertz CT molecular complexity index is 497. The molecule has 20 heavy (non-hydrogen) atoms. The van der Waals surface area contributed by atoms with Crippen molar-refractivity contribution in [3.8, 4) is 0 Å². The van der Waals surface area contributed by atoms with Crippen molar-refractivity contribution in [3.05, 3.63) is 29.3 Å². The average Bonchev–Trinajstić information content (AvgIpc) is 2.38. The highest BCUT2D eigenvalue weighted by atomic mass is 19.4. The summed E-state index contributed by atoms with van der Waals surface area (Å²) in [5, 5.41) is 2.64. The largest absolute Gasteiger partial charge is 0.418 e. The number of hydrogen-bond acceptors (Lipinski definition) is 3. The first kappa shape index (κ1) is 14.6. The first-order valence-electron chi connectivity index (χ1n) is 6.24. The van der Waals surface area contributed by atoms with Crippen LogP contribution in [0.15, 0.2) is 18.2 Å². The van der Waals surface area contributed by atoms with Crippen molar-refractivity contribution in [1.82, 2.24) is 5.32 Å². The highest BCUT2D eigenvalue weighted by Gasteiger charge is 2.34. The predicted molar refractivity (Wildman–Crippen MR) is 67.2 cm³/mol. The Kier molecular flexibility index (Phi) is 4.17. The Morgan fingerprint density at radius 1 is 1.40 bits per heavy atom. The molecule has 7 heteroatoms. The molecule has 1 aromatic rings. The first-order chi connectivity index (χ1) is 9.39. The van der Waals surface area contributed by atoms with Gasteiger partial charge in [0.2, 0.25) is 0 Å². The number of nitrogen functional groups attached to an aromatic ring is 1. The summed E-state index contributed by atoms with van der Waals surface area (Å²) in [7, 11) is 0. The molecule has 1 aromatic carbocycles. The molecule has 2 rings (SSSR count). The van der Waals surface area contributed by atoms with E-state index < -0.39 is 23.3 Å². The standard InChI is InChI=1S/C13H15F3N2O2/c14-13(15,16)10-5-1-4-9(11(10)17)12(19)18-8-3-2-6-20-7-8/h1,4-5,8H,2-3,6-7,17H2,(H,18,19). The zero-order valence-electron chi connectivity index (χ0n) is 10.7. The molecule has 3 N–H and O–H groups in total. The number of ether oxygens (including phenoxy) is 1. The topological polar surface area (TPSA) is 64.4 Å². The summed E-state index contributed by atoms with van der Waals surface area (Å²) in [6.45, 7) is 1.00. The third-order valence-electron chi connectivity index (χ3n) is 3.15. The van der Waals surface area contributed by atoms with Gasteiger partial charge in [0.1, 0.15) is 0 Å². The molecule has 1 fully saturated rings. The van der Waals surface area contributed by atoms with Crippen molar-refractivity contribution in [3.63, 3.8) is 0 Å². The summed E-state index contributed by atoms with van der Waals surface area (Å²) in [5.74, 6) is -0.607. The van der Waals surface area contributed by atoms with Gasteiger partial charge in [0.05, 0.1) is 29.5 Å². The molecule has 0 bridgehead atoms. The van der Waals surface area contributed by atoms with Crippen LogP contribution in [0.4, 0.5) is 18.9 Å². The summed E-state index contributed by atoms with van der Waals surface area (Å²) >= 11 is 0. The third-order valence-corrected chi connectivity index (χ3v) is 3.15. The number of amides is 1. The molecule has 1 atom stereocenters. The molecule has 1 aliphatic rings. The second-order valence-electron chi connectivity index (χ2n) is 4.65. The molecule has 1 amide bonds. The van der Waals surface area contributed by atoms with Gasteiger partial charge in [0.15, 0.2) is 0 Å². The molecule has 0 aliphatic carbocycles. The Hall–Kier alpha value is -1.76. The number of hydrogen-bond donors (Lipinski definition) is 2. The number of alkyl halides is 3. The lowest BCUT2D eigenvalue weighted by Gasteiger charge is -2.23. The van der Waals surface area contributed by atoms with E-state index in [1.54, 1.807) is 0 Å². The fourth-order valence-electron chi connectivity index (χ4n) is 2.13. The highest BCUT2D eigenvalue weighted by molar-refractivity contribution is 6.00. The molecule has 0 radical (unpaired) electrons. The first-order valence-corrected chi connectivity index (χ1v) is 6.24. The van der Waals surface area contributed by atoms with Crippen molar-refractivity contribution in [1.29, 1.82) is 0 Å². The van der Waals surface area contributed by atoms with Gasteiger partial charge in [-0.3, -0.25) is 4.79 Å². The molecule has 0 aromatic heterocycles. The third kappa shape index (κ3) is 3.22. The second kappa shape index (κ2) is 5.70. The molecule has 1 heterocycles. The van der Waals surface area contributed by atoms with Gasteiger partial charge < -0.3 is 15.8 Å². The number of rotatable bonds is 2. The quantitative estimate of drug-likeness (QED) is 0.820. The minimum Gasteiger partial charge on any atom is -0.398 e. The Morgan fingerprint density at radius 2 is 2.15 bits per heavy atom. The lowest BCUT2D eigenvalue weighted by Crippen LogP contribution is -2.40. The molecule has 4 nitrogen and oxygen atoms in total. The molecule has 1 unspecified atom stereocenters. The molecular weight excluding hydrogens is 273 g/mol. The maximum atomic E-state index is 12.7. The van der Waals surface area contributed by atoms with E-state index >= 15 is 0 Å². The van der Waals surface area contributed by atoms with Gasteiger partial charge in [-0.05, 0) is 25.0 Å². The van der Waals surface area contributed by atoms with E-state index in [9.17, 15) is 18.0 Å². The minimum atomic E-state index is -4.58. The van der Waals surface area contributed by atoms with Crippen LogP contribution in [0, 0.1) is 0 Å². The van der Waals surface area contributed by atoms with Crippen molar-refractivity contribution < 1.29 is 22.7 Å². The number of nitrogens with two attached hydrogens (primary N) is 1. The SMILES string of the molecule is Nc1c(C(=O)NC2CCCOC2)cccc1C(F)(F)F. The number of benzene rings is 1. The summed E-state index contributed by atoms with van der Waals surface area (Å²) in [6, 6.07) is 3.12. The van der Waals surface area contributed by atoms with Crippen LogP contribution in [0.25, 0.3) is 0 Å². The van der Waals surface area contributed by atoms with E-state index in [2.05, 4.69) is 5.32 Å². The monoisotopic (exact) mass is 288 g/mol. The van der Waals surface area contributed by atoms with E-state index in [0.29, 0.717) is 13.2 Å². The fraction of sp³-hybridized carbons (Fsp3) is 0.462. The van der Waals surface area contributed by atoms with Gasteiger partial charge in [0, 0.05) is 6.61 Å². The lowest BCUT2D eigenvalue weighted by molar-refractivity contribution is -0.136. The summed E-state index contributed by atoms with van der Waals surface area (Å²) < 4.78 is 43.4. The van der Waals surface area contributed by atoms with Crippen LogP contribution in [0.5, 0.6) is 0 Å². The summed E-state index contributed by atoms with van der Waals surface area (Å²) in [6.07, 6.45) is -3.03. The maximum absolute atomic E-state index is 12.7. The lowest BCUT2D eigenvalue weighted by atomic mass is 10.0. The number of halogens is 3. The van der Waals surface area contributed by atoms with Crippen molar-refractivity contribution in [2.75, 3.05) is 18.9 Å². The summed E-state index contributed by atoms with van der Waals surface area (Å²) in [5.41, 5.74) is 3.76. The molecule has 1 saturated heterocycles. The normalized spacial score (nSPS) is 19.6. The Labute approximate surface area is 114 Å². The highest BCUT2D eigenvalue weighted by Crippen LogP contribution is 2.34. The minimum absolute atomic E-state index is 0.162. The predicted octanol–water partition coefficient (Wildman–Crippen LogP) is 2.20. The van der Waals surface area contributed by atoms with E-state index in [1.165, 1.54) is 12.1 Å². The number of anilines is 1. The fourth-order valence-corrected chi connectivity index (χ4v) is 2.13. The molecule has 0 spiro atoms. The van der Waals surface area contributed by atoms with Gasteiger partial charge in [0.25, 0.3) is 5.91 Å². The molecule has 110 valence electrons. The van der Waals surface area contributed by atoms with Crippen LogP contribution in [-0.2, 0) is 10.9 Å². The van der Waals surface area contributed by atoms with Crippen LogP contribution in [-0.4, -0.2) is 25.2 Å². The van der Waals surface area contributed by atoms with Crippen LogP contribution in [0.1, 0.15) is 28.8 Å². The van der Waals surface area contributed by atoms with Crippen LogP contribution in [0.2, 0.25) is 0 Å². The number of carbonyl (C=O) groups excluding carboxylic acids is 1. The van der Waals surface area contributed by atoms with Gasteiger partial charge in [-0.25, -0.2) is 0 Å². The van der Waals surface area contributed by atoms with Gasteiger partial charge in [-0.1, -0.05) is 6.07 Å². The second-order valence-corrected chi connectivity index (χ2v) is 4.65. The zero-order valence-corrected chi connectivity index (χ0v) is 10.7. The zero-order chi connectivity index (χ0) is 14.8. The van der Waals surface area contributed by atoms with E-state index in [1.807, 2.05) is 0 Å². The number of carbonyl (C=O) groups is 1. The van der Waals surface area contributed by atoms with Crippen molar-refractivity contribution in [2.24, 2.45) is 0 Å². The van der Waals surface area contributed by atoms with Gasteiger partial charge >= 0.3 is 6.18 Å². The van der Waals surface area contributed by atoms with Crippen LogP contribution in [0.3, 0.4) is 0 Å². The van der Waals surface area contributed by atoms with E-state index in [4.69, 9.17) is 10.5 Å². The van der Waals surface area contributed by atoms with Crippen molar-refractivity contribution in [2.45, 2.75) is 25.1 Å². The summed E-state index contributed by atoms with van der Waals surface area (Å²) in [4.78, 5) is 12.0. The van der Waals surface area contributed by atoms with Gasteiger partial charge in [-0.2, -0.15) is 13.2 Å². The van der Waals surface area contributed by atoms with Crippen LogP contribution >= 0.6 is 0 Å². The average molecular weight is 288 g/mol. The molecular formula is C13H15F3N2O2. The van der Waals surface area contributed by atoms with Crippen LogP contribution < -0.4 is 11.1 Å². The Morgan fingerprint density at radius 3 is 2.75 bits per heavy atom. The number of nitrogens with one attached hydrogen (secondary N) is 1. The van der Waals surface area contributed by atoms with E-state index in [0.717, 1.165) is 18.9 Å². The molecule has 0 saturated carbocycles. The van der Waals surface area contributed by atoms with Crippen molar-refractivity contribution >= 4 is 11.6 Å². The molecule has 1 aliphatic heterocycles. The smallest absolute Gasteiger partial charge is 0.398 e. The van der Waals surface area contributed by atoms with E-state index in [-0.39, 0.29) is 11.6 Å². The maximum Gasteiger partial charge on any atom is 0.418 e. The number of para-hydroxylation sites is 1.